The van der Waals surface area contributed by atoms with E-state index in [0.29, 0.717) is 6.54 Å². The maximum Gasteiger partial charge on any atom is 0.346 e. The van der Waals surface area contributed by atoms with Crippen molar-refractivity contribution in [3.8, 4) is 0 Å². The minimum atomic E-state index is -0.374. The lowest BCUT2D eigenvalue weighted by molar-refractivity contribution is 0.239. The van der Waals surface area contributed by atoms with Crippen LogP contribution in [0.2, 0.25) is 0 Å². The van der Waals surface area contributed by atoms with E-state index in [1.807, 2.05) is 0 Å². The zero-order valence-corrected chi connectivity index (χ0v) is 10.2. The van der Waals surface area contributed by atoms with E-state index < -0.39 is 0 Å². The van der Waals surface area contributed by atoms with Crippen LogP contribution in [0.25, 0.3) is 0 Å². The van der Waals surface area contributed by atoms with Crippen LogP contribution in [0.3, 0.4) is 0 Å². The molecule has 17 heavy (non-hydrogen) atoms. The molecule has 0 radical (unpaired) electrons. The van der Waals surface area contributed by atoms with Gasteiger partial charge in [-0.15, -0.1) is 4.68 Å². The average Bonchev–Trinajstić information content (AvgIpc) is 2.74. The molecule has 7 nitrogen and oxygen atoms in total. The number of hydrogen-bond donors (Lipinski definition) is 2. The predicted molar refractivity (Wildman–Crippen MR) is 64.4 cm³/mol. The Morgan fingerprint density at radius 1 is 1.29 bits per heavy atom. The molecule has 3 N–H and O–H groups in total. The van der Waals surface area contributed by atoms with Gasteiger partial charge in [-0.25, -0.2) is 4.79 Å². The highest BCUT2D eigenvalue weighted by Gasteiger charge is 2.09. The molecule has 0 saturated heterocycles. The Bertz CT molecular complexity index is 337. The van der Waals surface area contributed by atoms with E-state index in [1.165, 1.54) is 25.7 Å². The monoisotopic (exact) mass is 240 g/mol. The third-order valence-electron chi connectivity index (χ3n) is 2.49. The first-order valence-electron chi connectivity index (χ1n) is 6.07. The minimum Gasteiger partial charge on any atom is -0.366 e. The van der Waals surface area contributed by atoms with Gasteiger partial charge in [0.25, 0.3) is 0 Å². The molecule has 0 atom stereocenters. The highest BCUT2D eigenvalue weighted by atomic mass is 16.2. The van der Waals surface area contributed by atoms with Gasteiger partial charge in [-0.1, -0.05) is 44.1 Å². The maximum atomic E-state index is 11.5. The summed E-state index contributed by atoms with van der Waals surface area (Å²) in [5.74, 6) is 0.00504. The van der Waals surface area contributed by atoms with Crippen LogP contribution in [0.4, 0.5) is 10.7 Å². The second-order valence-corrected chi connectivity index (χ2v) is 3.95. The highest BCUT2D eigenvalue weighted by molar-refractivity contribution is 5.77. The smallest absolute Gasteiger partial charge is 0.346 e. The van der Waals surface area contributed by atoms with Gasteiger partial charge in [0.2, 0.25) is 5.95 Å². The number of unbranched alkanes of at least 4 members (excludes halogenated alkanes) is 5. The van der Waals surface area contributed by atoms with Gasteiger partial charge in [-0.3, -0.25) is 0 Å². The Labute approximate surface area is 101 Å². The van der Waals surface area contributed by atoms with Gasteiger partial charge in [-0.05, 0) is 16.8 Å². The molecule has 96 valence electrons. The molecule has 0 spiro atoms. The van der Waals surface area contributed by atoms with Gasteiger partial charge in [-0.2, -0.15) is 0 Å². The molecule has 0 fully saturated rings. The average molecular weight is 240 g/mol. The summed E-state index contributed by atoms with van der Waals surface area (Å²) < 4.78 is 0.955. The number of nitrogen functional groups attached to an aromatic ring is 1. The number of nitrogens with one attached hydrogen (secondary N) is 1. The molecule has 1 aromatic heterocycles. The van der Waals surface area contributed by atoms with Crippen LogP contribution in [0.15, 0.2) is 0 Å². The number of aromatic nitrogens is 4. The summed E-state index contributed by atoms with van der Waals surface area (Å²) in [5, 5.41) is 12.9. The first kappa shape index (κ1) is 13.4. The van der Waals surface area contributed by atoms with Crippen LogP contribution >= 0.6 is 0 Å². The van der Waals surface area contributed by atoms with E-state index in [4.69, 9.17) is 5.73 Å². The van der Waals surface area contributed by atoms with Gasteiger partial charge < -0.3 is 11.1 Å². The number of carbonyl (C=O) groups excluding carboxylic acids is 1. The van der Waals surface area contributed by atoms with E-state index in [9.17, 15) is 4.79 Å². The lowest BCUT2D eigenvalue weighted by Gasteiger charge is -2.04. The van der Waals surface area contributed by atoms with Crippen LogP contribution in [0.5, 0.6) is 0 Å². The highest BCUT2D eigenvalue weighted by Crippen LogP contribution is 2.04. The van der Waals surface area contributed by atoms with Gasteiger partial charge in [0.15, 0.2) is 0 Å². The van der Waals surface area contributed by atoms with Crippen molar-refractivity contribution in [2.45, 2.75) is 45.4 Å². The molecule has 0 aliphatic heterocycles. The molecule has 0 saturated carbocycles. The fourth-order valence-electron chi connectivity index (χ4n) is 1.51. The standard InChI is InChI=1S/C10H20N6O/c1-2-3-4-5-6-7-8-12-10(17)16-9(11)13-14-15-16/h2-8H2,1H3,(H,12,17)(H2,11,13,15). The lowest BCUT2D eigenvalue weighted by Crippen LogP contribution is -2.31. The Hall–Kier alpha value is -1.66. The number of hydrogen-bond acceptors (Lipinski definition) is 5. The summed E-state index contributed by atoms with van der Waals surface area (Å²) in [6, 6.07) is -0.374. The molecule has 0 bridgehead atoms. The van der Waals surface area contributed by atoms with Crippen molar-refractivity contribution in [1.82, 2.24) is 25.5 Å². The molecule has 1 heterocycles. The Morgan fingerprint density at radius 2 is 2.00 bits per heavy atom. The Balaban J connectivity index is 2.07. The number of tetrazole rings is 1. The van der Waals surface area contributed by atoms with Crippen LogP contribution in [-0.2, 0) is 0 Å². The zero-order chi connectivity index (χ0) is 12.5. The van der Waals surface area contributed by atoms with Crippen LogP contribution < -0.4 is 11.1 Å². The third-order valence-corrected chi connectivity index (χ3v) is 2.49. The summed E-state index contributed by atoms with van der Waals surface area (Å²) >= 11 is 0. The van der Waals surface area contributed by atoms with E-state index in [-0.39, 0.29) is 12.0 Å². The number of rotatable bonds is 7. The summed E-state index contributed by atoms with van der Waals surface area (Å²) in [6.45, 7) is 2.82. The molecule has 0 aliphatic carbocycles. The van der Waals surface area contributed by atoms with Crippen molar-refractivity contribution in [3.63, 3.8) is 0 Å². The van der Waals surface area contributed by atoms with Crippen LogP contribution in [0, 0.1) is 0 Å². The summed E-state index contributed by atoms with van der Waals surface area (Å²) in [4.78, 5) is 11.5. The van der Waals surface area contributed by atoms with E-state index >= 15 is 0 Å². The first-order valence-corrected chi connectivity index (χ1v) is 6.07. The molecule has 0 aromatic carbocycles. The van der Waals surface area contributed by atoms with E-state index in [1.54, 1.807) is 0 Å². The van der Waals surface area contributed by atoms with Crippen molar-refractivity contribution >= 4 is 12.0 Å². The van der Waals surface area contributed by atoms with Crippen molar-refractivity contribution in [2.24, 2.45) is 0 Å². The van der Waals surface area contributed by atoms with Gasteiger partial charge >= 0.3 is 6.03 Å². The lowest BCUT2D eigenvalue weighted by atomic mass is 10.1. The fourth-order valence-corrected chi connectivity index (χ4v) is 1.51. The Morgan fingerprint density at radius 3 is 2.65 bits per heavy atom. The number of nitrogens with two attached hydrogens (primary N) is 1. The molecule has 1 aromatic rings. The number of carbonyl (C=O) groups is 1. The largest absolute Gasteiger partial charge is 0.366 e. The third kappa shape index (κ3) is 4.80. The quantitative estimate of drug-likeness (QED) is 0.550. The Kier molecular flexibility index (Phi) is 5.98. The number of anilines is 1. The van der Waals surface area contributed by atoms with Crippen LogP contribution in [-0.4, -0.2) is 32.8 Å². The van der Waals surface area contributed by atoms with Crippen molar-refractivity contribution in [2.75, 3.05) is 12.3 Å². The number of nitrogens with zero attached hydrogens (tertiary/aromatic N) is 4. The molecule has 0 unspecified atom stereocenters. The minimum absolute atomic E-state index is 0.00504. The van der Waals surface area contributed by atoms with Crippen LogP contribution in [0.1, 0.15) is 45.4 Å². The van der Waals surface area contributed by atoms with Crippen molar-refractivity contribution < 1.29 is 4.79 Å². The molecule has 1 amide bonds. The molecule has 7 heteroatoms. The molecule has 0 aliphatic rings. The topological polar surface area (TPSA) is 98.7 Å². The maximum absolute atomic E-state index is 11.5. The van der Waals surface area contributed by atoms with Crippen molar-refractivity contribution in [1.29, 1.82) is 0 Å². The fraction of sp³-hybridized carbons (Fsp3) is 0.800. The summed E-state index contributed by atoms with van der Waals surface area (Å²) in [7, 11) is 0. The van der Waals surface area contributed by atoms with Gasteiger partial charge in [0.1, 0.15) is 0 Å². The summed E-state index contributed by atoms with van der Waals surface area (Å²) in [6.07, 6.45) is 7.12. The second-order valence-electron chi connectivity index (χ2n) is 3.95. The zero-order valence-electron chi connectivity index (χ0n) is 10.2. The molecular formula is C10H20N6O. The van der Waals surface area contributed by atoms with Crippen molar-refractivity contribution in [3.05, 3.63) is 0 Å². The SMILES string of the molecule is CCCCCCCCNC(=O)n1nnnc1N. The molecular weight excluding hydrogens is 220 g/mol. The number of amides is 1. The van der Waals surface area contributed by atoms with Gasteiger partial charge in [0, 0.05) is 6.54 Å². The predicted octanol–water partition coefficient (Wildman–Crippen LogP) is 1.17. The normalized spacial score (nSPS) is 10.4. The second kappa shape index (κ2) is 7.59. The molecule has 1 rings (SSSR count). The summed E-state index contributed by atoms with van der Waals surface area (Å²) in [5.41, 5.74) is 5.39. The van der Waals surface area contributed by atoms with E-state index in [2.05, 4.69) is 27.8 Å². The van der Waals surface area contributed by atoms with Gasteiger partial charge in [0.05, 0.1) is 0 Å². The van der Waals surface area contributed by atoms with E-state index in [0.717, 1.165) is 17.5 Å². The first-order chi connectivity index (χ1) is 8.25.